The van der Waals surface area contributed by atoms with Gasteiger partial charge in [0.25, 0.3) is 0 Å². The van der Waals surface area contributed by atoms with Gasteiger partial charge < -0.3 is 24.3 Å². The first kappa shape index (κ1) is 20.8. The molecule has 2 heterocycles. The van der Waals surface area contributed by atoms with Gasteiger partial charge >= 0.3 is 5.97 Å². The van der Waals surface area contributed by atoms with Crippen LogP contribution in [0.25, 0.3) is 0 Å². The summed E-state index contributed by atoms with van der Waals surface area (Å²) in [6, 6.07) is 3.43. The summed E-state index contributed by atoms with van der Waals surface area (Å²) >= 11 is 6.60. The van der Waals surface area contributed by atoms with Crippen molar-refractivity contribution in [3.8, 4) is 11.5 Å². The number of hydrogen-bond acceptors (Lipinski definition) is 7. The molecule has 8 heteroatoms. The molecule has 0 radical (unpaired) electrons. The van der Waals surface area contributed by atoms with E-state index >= 15 is 0 Å². The number of benzene rings is 1. The Labute approximate surface area is 180 Å². The standard InChI is InChI=1S/C22H24ClNO6/c1-3-27-7-8-28-22(26)19-12(2)24-15-5-4-6-16(25)21(15)20(19)13-9-17-18(10-14(13)23)30-11-29-17/h9-10,20,24H,3-8,11H2,1-2H3/t20-/m0/s1. The molecule has 0 fully saturated rings. The SMILES string of the molecule is CCOCCOC(=O)C1=C(C)NC2=C(C(=O)CCC2)[C@H]1c1cc2c(cc1Cl)OCO2. The summed E-state index contributed by atoms with van der Waals surface area (Å²) in [5, 5.41) is 3.67. The van der Waals surface area contributed by atoms with Crippen molar-refractivity contribution in [1.29, 1.82) is 0 Å². The van der Waals surface area contributed by atoms with Gasteiger partial charge in [0.1, 0.15) is 6.61 Å². The largest absolute Gasteiger partial charge is 0.460 e. The molecule has 0 unspecified atom stereocenters. The number of ether oxygens (including phenoxy) is 4. The van der Waals surface area contributed by atoms with Crippen molar-refractivity contribution in [3.63, 3.8) is 0 Å². The molecular formula is C22H24ClNO6. The molecule has 0 bridgehead atoms. The molecule has 0 spiro atoms. The third-order valence-electron chi connectivity index (χ3n) is 5.46. The van der Waals surface area contributed by atoms with E-state index in [1.165, 1.54) is 0 Å². The van der Waals surface area contributed by atoms with Gasteiger partial charge in [0.05, 0.1) is 12.2 Å². The van der Waals surface area contributed by atoms with E-state index in [-0.39, 0.29) is 19.2 Å². The second-order valence-electron chi connectivity index (χ2n) is 7.33. The Morgan fingerprint density at radius 2 is 2.00 bits per heavy atom. The molecule has 0 aromatic heterocycles. The molecule has 1 N–H and O–H groups in total. The van der Waals surface area contributed by atoms with Crippen LogP contribution in [0.5, 0.6) is 11.5 Å². The monoisotopic (exact) mass is 433 g/mol. The van der Waals surface area contributed by atoms with Crippen LogP contribution >= 0.6 is 11.6 Å². The van der Waals surface area contributed by atoms with Gasteiger partial charge in [-0.2, -0.15) is 0 Å². The maximum atomic E-state index is 13.1. The van der Waals surface area contributed by atoms with Gasteiger partial charge in [0.15, 0.2) is 17.3 Å². The van der Waals surface area contributed by atoms with Crippen LogP contribution in [0.1, 0.15) is 44.6 Å². The number of nitrogens with one attached hydrogen (secondary N) is 1. The number of esters is 1. The number of hydrogen-bond donors (Lipinski definition) is 1. The molecular weight excluding hydrogens is 410 g/mol. The third-order valence-corrected chi connectivity index (χ3v) is 5.79. The minimum Gasteiger partial charge on any atom is -0.460 e. The van der Waals surface area contributed by atoms with E-state index in [0.29, 0.717) is 58.6 Å². The van der Waals surface area contributed by atoms with Gasteiger partial charge in [-0.1, -0.05) is 11.6 Å². The van der Waals surface area contributed by atoms with Crippen LogP contribution in [0, 0.1) is 0 Å². The molecule has 1 aliphatic carbocycles. The number of fused-ring (bicyclic) bond motifs is 1. The van der Waals surface area contributed by atoms with E-state index in [1.54, 1.807) is 12.1 Å². The Morgan fingerprint density at radius 1 is 1.23 bits per heavy atom. The summed E-state index contributed by atoms with van der Waals surface area (Å²) in [6.45, 7) is 4.78. The molecule has 0 amide bonds. The van der Waals surface area contributed by atoms with Gasteiger partial charge in [-0.25, -0.2) is 4.79 Å². The molecule has 7 nitrogen and oxygen atoms in total. The zero-order valence-electron chi connectivity index (χ0n) is 17.0. The predicted octanol–water partition coefficient (Wildman–Crippen LogP) is 3.62. The molecule has 1 aromatic rings. The minimum atomic E-state index is -0.629. The molecule has 160 valence electrons. The van der Waals surface area contributed by atoms with E-state index in [4.69, 9.17) is 30.5 Å². The highest BCUT2D eigenvalue weighted by Crippen LogP contribution is 2.47. The fourth-order valence-corrected chi connectivity index (χ4v) is 4.40. The molecule has 0 saturated heterocycles. The van der Waals surface area contributed by atoms with Crippen molar-refractivity contribution in [2.75, 3.05) is 26.6 Å². The lowest BCUT2D eigenvalue weighted by Crippen LogP contribution is -2.34. The number of ketones is 1. The molecule has 0 saturated carbocycles. The van der Waals surface area contributed by atoms with Crippen LogP contribution in [0.3, 0.4) is 0 Å². The Kier molecular flexibility index (Phi) is 6.01. The highest BCUT2D eigenvalue weighted by molar-refractivity contribution is 6.32. The first-order valence-electron chi connectivity index (χ1n) is 10.1. The van der Waals surface area contributed by atoms with Crippen molar-refractivity contribution in [1.82, 2.24) is 5.32 Å². The van der Waals surface area contributed by atoms with E-state index < -0.39 is 11.9 Å². The summed E-state index contributed by atoms with van der Waals surface area (Å²) < 4.78 is 21.6. The number of allylic oxidation sites excluding steroid dienone is 3. The Morgan fingerprint density at radius 3 is 2.77 bits per heavy atom. The van der Waals surface area contributed by atoms with Gasteiger partial charge in [-0.3, -0.25) is 4.79 Å². The van der Waals surface area contributed by atoms with E-state index in [9.17, 15) is 9.59 Å². The van der Waals surface area contributed by atoms with Crippen LogP contribution in [0.2, 0.25) is 5.02 Å². The second-order valence-corrected chi connectivity index (χ2v) is 7.73. The average molecular weight is 434 g/mol. The number of halogens is 1. The number of dihydropyridines is 1. The van der Waals surface area contributed by atoms with Crippen LogP contribution in [0.4, 0.5) is 0 Å². The van der Waals surface area contributed by atoms with E-state index in [2.05, 4.69) is 5.32 Å². The summed E-state index contributed by atoms with van der Waals surface area (Å²) in [7, 11) is 0. The zero-order chi connectivity index (χ0) is 21.3. The Balaban J connectivity index is 1.77. The van der Waals surface area contributed by atoms with Crippen LogP contribution in [-0.2, 0) is 19.1 Å². The fourth-order valence-electron chi connectivity index (χ4n) is 4.13. The van der Waals surface area contributed by atoms with Crippen molar-refractivity contribution < 1.29 is 28.5 Å². The van der Waals surface area contributed by atoms with Crippen LogP contribution in [-0.4, -0.2) is 38.4 Å². The summed E-state index contributed by atoms with van der Waals surface area (Å²) in [5.41, 5.74) is 3.07. The predicted molar refractivity (Wildman–Crippen MR) is 109 cm³/mol. The highest BCUT2D eigenvalue weighted by atomic mass is 35.5. The molecule has 1 aromatic carbocycles. The van der Waals surface area contributed by atoms with Gasteiger partial charge in [0.2, 0.25) is 6.79 Å². The summed E-state index contributed by atoms with van der Waals surface area (Å²) in [4.78, 5) is 26.0. The van der Waals surface area contributed by atoms with Crippen LogP contribution in [0.15, 0.2) is 34.7 Å². The summed E-state index contributed by atoms with van der Waals surface area (Å²) in [5.74, 6) is -0.0305. The van der Waals surface area contributed by atoms with Crippen molar-refractivity contribution >= 4 is 23.4 Å². The molecule has 30 heavy (non-hydrogen) atoms. The van der Waals surface area contributed by atoms with Crippen LogP contribution < -0.4 is 14.8 Å². The quantitative estimate of drug-likeness (QED) is 0.542. The van der Waals surface area contributed by atoms with Crippen molar-refractivity contribution in [3.05, 3.63) is 45.3 Å². The lowest BCUT2D eigenvalue weighted by molar-refractivity contribution is -0.140. The molecule has 1 atom stereocenters. The van der Waals surface area contributed by atoms with Gasteiger partial charge in [-0.05, 0) is 38.3 Å². The number of rotatable bonds is 6. The number of carbonyl (C=O) groups is 2. The zero-order valence-corrected chi connectivity index (χ0v) is 17.8. The second kappa shape index (κ2) is 8.70. The van der Waals surface area contributed by atoms with Crippen molar-refractivity contribution in [2.45, 2.75) is 39.0 Å². The highest BCUT2D eigenvalue weighted by Gasteiger charge is 2.40. The lowest BCUT2D eigenvalue weighted by Gasteiger charge is -2.34. The van der Waals surface area contributed by atoms with E-state index in [0.717, 1.165) is 18.5 Å². The third kappa shape index (κ3) is 3.79. The Hall–Kier alpha value is -2.51. The van der Waals surface area contributed by atoms with Gasteiger partial charge in [0, 0.05) is 47.0 Å². The normalized spacial score (nSPS) is 20.2. The maximum absolute atomic E-state index is 13.1. The number of carbonyl (C=O) groups excluding carboxylic acids is 2. The number of Topliss-reactive ketones (excluding diaryl/α,β-unsaturated/α-hetero) is 1. The molecule has 2 aliphatic heterocycles. The maximum Gasteiger partial charge on any atom is 0.336 e. The first-order chi connectivity index (χ1) is 14.5. The lowest BCUT2D eigenvalue weighted by atomic mass is 9.75. The average Bonchev–Trinajstić information content (AvgIpc) is 3.17. The van der Waals surface area contributed by atoms with E-state index in [1.807, 2.05) is 13.8 Å². The summed E-state index contributed by atoms with van der Waals surface area (Å²) in [6.07, 6.45) is 1.95. The van der Waals surface area contributed by atoms with Crippen molar-refractivity contribution in [2.24, 2.45) is 0 Å². The topological polar surface area (TPSA) is 83.1 Å². The molecule has 3 aliphatic rings. The van der Waals surface area contributed by atoms with Gasteiger partial charge in [-0.15, -0.1) is 0 Å². The fraction of sp³-hybridized carbons (Fsp3) is 0.455. The Bertz CT molecular complexity index is 951. The molecule has 4 rings (SSSR count). The smallest absolute Gasteiger partial charge is 0.336 e. The minimum absolute atomic E-state index is 0.00889. The first-order valence-corrected chi connectivity index (χ1v) is 10.5.